The van der Waals surface area contributed by atoms with E-state index >= 15 is 0 Å². The van der Waals surface area contributed by atoms with E-state index in [0.29, 0.717) is 17.0 Å². The van der Waals surface area contributed by atoms with Crippen LogP contribution in [0.2, 0.25) is 0 Å². The van der Waals surface area contributed by atoms with Crippen LogP contribution in [0.15, 0.2) is 70.7 Å². The first kappa shape index (κ1) is 18.5. The van der Waals surface area contributed by atoms with Gasteiger partial charge in [0.25, 0.3) is 10.0 Å². The first-order valence-electron chi connectivity index (χ1n) is 8.40. The highest BCUT2D eigenvalue weighted by atomic mass is 32.2. The summed E-state index contributed by atoms with van der Waals surface area (Å²) in [5.41, 5.74) is 2.67. The molecular weight excluding hydrogens is 397 g/mol. The van der Waals surface area contributed by atoms with Gasteiger partial charge in [-0.3, -0.25) is 9.29 Å². The van der Waals surface area contributed by atoms with Gasteiger partial charge in [0.05, 0.1) is 28.4 Å². The molecule has 8 heteroatoms. The van der Waals surface area contributed by atoms with Gasteiger partial charge in [0.1, 0.15) is 5.82 Å². The van der Waals surface area contributed by atoms with Crippen LogP contribution in [0.1, 0.15) is 5.56 Å². The van der Waals surface area contributed by atoms with Crippen LogP contribution < -0.4 is 4.31 Å². The summed E-state index contributed by atoms with van der Waals surface area (Å²) < 4.78 is 41.1. The van der Waals surface area contributed by atoms with Gasteiger partial charge in [0, 0.05) is 29.0 Å². The summed E-state index contributed by atoms with van der Waals surface area (Å²) >= 11 is 1.55. The number of thioether (sulfide) groups is 1. The summed E-state index contributed by atoms with van der Waals surface area (Å²) in [6.45, 7) is 0.273. The number of hydrogen-bond acceptors (Lipinski definition) is 5. The van der Waals surface area contributed by atoms with E-state index in [1.807, 2.05) is 12.1 Å². The van der Waals surface area contributed by atoms with Crippen molar-refractivity contribution in [3.05, 3.63) is 72.3 Å². The minimum Gasteiger partial charge on any atom is -0.263 e. The molecule has 2 aromatic carbocycles. The Balaban J connectivity index is 1.81. The predicted molar refractivity (Wildman–Crippen MR) is 106 cm³/mol. The zero-order valence-corrected chi connectivity index (χ0v) is 16.2. The first-order chi connectivity index (χ1) is 13.5. The van der Waals surface area contributed by atoms with Gasteiger partial charge in [-0.2, -0.15) is 5.26 Å². The lowest BCUT2D eigenvalue weighted by Crippen LogP contribution is -2.35. The largest absolute Gasteiger partial charge is 0.264 e. The van der Waals surface area contributed by atoms with Crippen molar-refractivity contribution in [1.82, 2.24) is 4.98 Å². The van der Waals surface area contributed by atoms with E-state index < -0.39 is 15.8 Å². The highest BCUT2D eigenvalue weighted by Crippen LogP contribution is 2.43. The Kier molecular flexibility index (Phi) is 4.79. The number of nitrogens with zero attached hydrogens (tertiary/aromatic N) is 3. The molecule has 140 valence electrons. The molecule has 0 unspecified atom stereocenters. The number of pyridine rings is 1. The summed E-state index contributed by atoms with van der Waals surface area (Å²) in [5.74, 6) is -0.0355. The van der Waals surface area contributed by atoms with E-state index in [1.165, 1.54) is 28.7 Å². The number of benzene rings is 2. The van der Waals surface area contributed by atoms with E-state index in [9.17, 15) is 12.8 Å². The molecule has 0 N–H and O–H groups in total. The highest BCUT2D eigenvalue weighted by molar-refractivity contribution is 8.00. The number of aromatic nitrogens is 1. The number of sulfonamides is 1. The van der Waals surface area contributed by atoms with Gasteiger partial charge in [-0.05, 0) is 35.9 Å². The third-order valence-electron chi connectivity index (χ3n) is 4.40. The number of halogens is 1. The van der Waals surface area contributed by atoms with Crippen molar-refractivity contribution in [1.29, 1.82) is 5.26 Å². The van der Waals surface area contributed by atoms with Crippen molar-refractivity contribution >= 4 is 27.5 Å². The molecule has 3 aromatic rings. The van der Waals surface area contributed by atoms with Crippen LogP contribution in [-0.2, 0) is 10.0 Å². The van der Waals surface area contributed by atoms with Crippen LogP contribution in [0, 0.1) is 17.1 Å². The summed E-state index contributed by atoms with van der Waals surface area (Å²) in [5, 5.41) is 8.98. The number of nitriles is 1. The molecular formula is C20H14FN3O2S2. The van der Waals surface area contributed by atoms with Crippen molar-refractivity contribution < 1.29 is 12.8 Å². The minimum absolute atomic E-state index is 0.0888. The Bertz CT molecular complexity index is 1190. The van der Waals surface area contributed by atoms with E-state index in [1.54, 1.807) is 30.1 Å². The molecule has 0 amide bonds. The molecule has 4 rings (SSSR count). The minimum atomic E-state index is -3.91. The topological polar surface area (TPSA) is 74.1 Å². The maximum absolute atomic E-state index is 13.6. The second kappa shape index (κ2) is 7.26. The molecule has 0 radical (unpaired) electrons. The molecule has 2 heterocycles. The molecule has 0 bridgehead atoms. The van der Waals surface area contributed by atoms with Gasteiger partial charge in [0.15, 0.2) is 0 Å². The van der Waals surface area contributed by atoms with E-state index in [2.05, 4.69) is 11.1 Å². The average Bonchev–Trinajstić information content (AvgIpc) is 2.73. The van der Waals surface area contributed by atoms with Gasteiger partial charge in [-0.1, -0.05) is 18.2 Å². The zero-order valence-electron chi connectivity index (χ0n) is 14.5. The van der Waals surface area contributed by atoms with Crippen LogP contribution in [0.4, 0.5) is 10.1 Å². The number of rotatable bonds is 3. The Hall–Kier alpha value is -2.89. The number of hydrogen-bond donors (Lipinski definition) is 0. The number of fused-ring (bicyclic) bond motifs is 1. The number of anilines is 1. The molecule has 1 aromatic heterocycles. The van der Waals surface area contributed by atoms with E-state index in [-0.39, 0.29) is 11.4 Å². The van der Waals surface area contributed by atoms with Crippen LogP contribution >= 0.6 is 11.8 Å². The van der Waals surface area contributed by atoms with Gasteiger partial charge in [-0.15, -0.1) is 11.8 Å². The standard InChI is InChI=1S/C20H14FN3O2S2/c21-16-2-1-3-17(10-16)28(25,26)24-8-9-27-20-18(12-23-13-19(20)24)15-6-4-14(11-22)5-7-15/h1-7,10,12-13H,8-9H2. The van der Waals surface area contributed by atoms with Crippen molar-refractivity contribution in [2.45, 2.75) is 9.79 Å². The molecule has 1 aliphatic heterocycles. The fraction of sp³-hybridized carbons (Fsp3) is 0.100. The quantitative estimate of drug-likeness (QED) is 0.650. The lowest BCUT2D eigenvalue weighted by molar-refractivity contribution is 0.586. The fourth-order valence-electron chi connectivity index (χ4n) is 3.05. The fourth-order valence-corrected chi connectivity index (χ4v) is 5.84. The van der Waals surface area contributed by atoms with Gasteiger partial charge in [0.2, 0.25) is 0 Å². The van der Waals surface area contributed by atoms with E-state index in [0.717, 1.165) is 22.1 Å². The maximum Gasteiger partial charge on any atom is 0.264 e. The van der Waals surface area contributed by atoms with Crippen molar-refractivity contribution in [2.24, 2.45) is 0 Å². The van der Waals surface area contributed by atoms with Crippen LogP contribution in [0.5, 0.6) is 0 Å². The van der Waals surface area contributed by atoms with E-state index in [4.69, 9.17) is 5.26 Å². The summed E-state index contributed by atoms with van der Waals surface area (Å²) in [6, 6.07) is 14.1. The first-order valence-corrected chi connectivity index (χ1v) is 10.8. The molecule has 5 nitrogen and oxygen atoms in total. The third-order valence-corrected chi connectivity index (χ3v) is 7.31. The molecule has 0 atom stereocenters. The van der Waals surface area contributed by atoms with Crippen molar-refractivity contribution in [2.75, 3.05) is 16.6 Å². The molecule has 0 aliphatic carbocycles. The molecule has 0 spiro atoms. The summed E-state index contributed by atoms with van der Waals surface area (Å²) in [7, 11) is -3.91. The second-order valence-electron chi connectivity index (χ2n) is 6.11. The van der Waals surface area contributed by atoms with Crippen LogP contribution in [0.25, 0.3) is 11.1 Å². The van der Waals surface area contributed by atoms with Crippen molar-refractivity contribution in [3.63, 3.8) is 0 Å². The van der Waals surface area contributed by atoms with Crippen LogP contribution in [0.3, 0.4) is 0 Å². The Morgan fingerprint density at radius 2 is 1.93 bits per heavy atom. The Morgan fingerprint density at radius 3 is 2.64 bits per heavy atom. The van der Waals surface area contributed by atoms with Gasteiger partial charge in [-0.25, -0.2) is 12.8 Å². The predicted octanol–water partition coefficient (Wildman–Crippen LogP) is 4.06. The third kappa shape index (κ3) is 3.23. The monoisotopic (exact) mass is 411 g/mol. The lowest BCUT2D eigenvalue weighted by atomic mass is 10.1. The Labute approximate surface area is 166 Å². The maximum atomic E-state index is 13.6. The molecule has 1 aliphatic rings. The van der Waals surface area contributed by atoms with Crippen molar-refractivity contribution in [3.8, 4) is 17.2 Å². The lowest BCUT2D eigenvalue weighted by Gasteiger charge is -2.30. The Morgan fingerprint density at radius 1 is 1.14 bits per heavy atom. The molecule has 0 fully saturated rings. The van der Waals surface area contributed by atoms with Crippen LogP contribution in [-0.4, -0.2) is 25.7 Å². The molecule has 0 saturated heterocycles. The molecule has 28 heavy (non-hydrogen) atoms. The SMILES string of the molecule is N#Cc1ccc(-c2cncc3c2SCCN3S(=O)(=O)c2cccc(F)c2)cc1. The highest BCUT2D eigenvalue weighted by Gasteiger charge is 2.31. The second-order valence-corrected chi connectivity index (χ2v) is 9.07. The average molecular weight is 411 g/mol. The summed E-state index contributed by atoms with van der Waals surface area (Å²) in [6.07, 6.45) is 3.21. The normalized spacial score (nSPS) is 13.6. The smallest absolute Gasteiger partial charge is 0.263 e. The molecule has 0 saturated carbocycles. The van der Waals surface area contributed by atoms with Gasteiger partial charge >= 0.3 is 0 Å². The zero-order chi connectivity index (χ0) is 19.7. The van der Waals surface area contributed by atoms with Gasteiger partial charge < -0.3 is 0 Å². The summed E-state index contributed by atoms with van der Waals surface area (Å²) in [4.78, 5) is 4.94.